The highest BCUT2D eigenvalue weighted by atomic mass is 16.5. The molecule has 0 spiro atoms. The van der Waals surface area contributed by atoms with Crippen LogP contribution in [0.1, 0.15) is 48.3 Å². The Morgan fingerprint density at radius 3 is 2.30 bits per heavy atom. The second-order valence-electron chi connectivity index (χ2n) is 9.99. The number of hydrogen-bond acceptors (Lipinski definition) is 3. The van der Waals surface area contributed by atoms with Crippen LogP contribution in [0, 0.1) is 18.8 Å². The van der Waals surface area contributed by atoms with Gasteiger partial charge in [0.2, 0.25) is 0 Å². The fourth-order valence-corrected chi connectivity index (χ4v) is 5.95. The van der Waals surface area contributed by atoms with Gasteiger partial charge in [0.25, 0.3) is 0 Å². The number of urea groups is 1. The van der Waals surface area contributed by atoms with E-state index in [9.17, 15) is 9.59 Å². The summed E-state index contributed by atoms with van der Waals surface area (Å²) in [7, 11) is 0. The first-order valence-corrected chi connectivity index (χ1v) is 12.4. The maximum atomic E-state index is 13.3. The number of amides is 2. The minimum absolute atomic E-state index is 0.136. The molecule has 0 aromatic heterocycles. The number of nitrogens with zero attached hydrogens (tertiary/aromatic N) is 2. The quantitative estimate of drug-likeness (QED) is 0.690. The molecular formula is C28H34N2O3. The molecule has 5 heteroatoms. The van der Waals surface area contributed by atoms with Gasteiger partial charge in [0.05, 0.1) is 6.10 Å². The number of hydrogen-bond donors (Lipinski definition) is 0. The van der Waals surface area contributed by atoms with Crippen LogP contribution in [-0.2, 0) is 9.53 Å². The first-order chi connectivity index (χ1) is 16.1. The maximum absolute atomic E-state index is 13.3. The summed E-state index contributed by atoms with van der Waals surface area (Å²) in [5, 5.41) is 0. The summed E-state index contributed by atoms with van der Waals surface area (Å²) < 4.78 is 5.70. The van der Waals surface area contributed by atoms with Crippen LogP contribution in [0.4, 0.5) is 4.79 Å². The Kier molecular flexibility index (Phi) is 6.50. The van der Waals surface area contributed by atoms with Gasteiger partial charge in [-0.15, -0.1) is 0 Å². The molecule has 0 unspecified atom stereocenters. The van der Waals surface area contributed by atoms with Gasteiger partial charge in [0.1, 0.15) is 6.61 Å². The van der Waals surface area contributed by atoms with E-state index in [0.717, 1.165) is 38.9 Å². The largest absolute Gasteiger partial charge is 0.370 e. The number of ether oxygens (including phenoxy) is 1. The van der Waals surface area contributed by atoms with Crippen LogP contribution in [0.25, 0.3) is 0 Å². The predicted octanol–water partition coefficient (Wildman–Crippen LogP) is 4.64. The zero-order valence-electron chi connectivity index (χ0n) is 19.5. The van der Waals surface area contributed by atoms with Crippen molar-refractivity contribution in [3.8, 4) is 0 Å². The Morgan fingerprint density at radius 2 is 1.58 bits per heavy atom. The number of piperidine rings is 2. The number of benzene rings is 2. The number of Topliss-reactive ketones (excluding diaryl/α,β-unsaturated/α-hetero) is 1. The Hall–Kier alpha value is -2.66. The minimum Gasteiger partial charge on any atom is -0.370 e. The van der Waals surface area contributed by atoms with E-state index in [0.29, 0.717) is 24.8 Å². The molecular weight excluding hydrogens is 412 g/mol. The van der Waals surface area contributed by atoms with E-state index in [2.05, 4.69) is 61.5 Å². The lowest BCUT2D eigenvalue weighted by atomic mass is 9.76. The molecule has 0 aliphatic carbocycles. The van der Waals surface area contributed by atoms with Crippen molar-refractivity contribution in [1.29, 1.82) is 0 Å². The van der Waals surface area contributed by atoms with Gasteiger partial charge in [0, 0.05) is 44.4 Å². The van der Waals surface area contributed by atoms with Crippen molar-refractivity contribution in [3.05, 3.63) is 71.3 Å². The smallest absolute Gasteiger partial charge is 0.320 e. The van der Waals surface area contributed by atoms with Crippen LogP contribution in [-0.4, -0.2) is 60.5 Å². The zero-order chi connectivity index (χ0) is 22.8. The fraction of sp³-hybridized carbons (Fsp3) is 0.500. The molecule has 3 heterocycles. The topological polar surface area (TPSA) is 49.9 Å². The number of carbonyl (C=O) groups is 2. The van der Waals surface area contributed by atoms with Gasteiger partial charge in [-0.1, -0.05) is 60.2 Å². The highest BCUT2D eigenvalue weighted by Gasteiger charge is 2.38. The van der Waals surface area contributed by atoms with E-state index < -0.39 is 0 Å². The summed E-state index contributed by atoms with van der Waals surface area (Å²) in [6.07, 6.45) is 3.52. The van der Waals surface area contributed by atoms with Crippen molar-refractivity contribution >= 4 is 11.8 Å². The van der Waals surface area contributed by atoms with Crippen LogP contribution in [0.3, 0.4) is 0 Å². The van der Waals surface area contributed by atoms with Crippen LogP contribution in [0.5, 0.6) is 0 Å². The lowest BCUT2D eigenvalue weighted by Gasteiger charge is -2.43. The van der Waals surface area contributed by atoms with Gasteiger partial charge in [-0.25, -0.2) is 4.79 Å². The highest BCUT2D eigenvalue weighted by molar-refractivity contribution is 5.81. The summed E-state index contributed by atoms with van der Waals surface area (Å²) in [5.74, 6) is 1.18. The SMILES string of the molecule is Cc1ccc([C@H](c2ccccc2)C2CCN(C(=O)N3CC[C@@H]4OCC(=O)C[C@@H]4C3)CC2)cc1. The summed E-state index contributed by atoms with van der Waals surface area (Å²) in [5.41, 5.74) is 4.00. The predicted molar refractivity (Wildman–Crippen MR) is 128 cm³/mol. The van der Waals surface area contributed by atoms with E-state index in [1.165, 1.54) is 16.7 Å². The monoisotopic (exact) mass is 446 g/mol. The molecule has 5 rings (SSSR count). The zero-order valence-corrected chi connectivity index (χ0v) is 19.5. The van der Waals surface area contributed by atoms with Crippen LogP contribution in [0.2, 0.25) is 0 Å². The van der Waals surface area contributed by atoms with Crippen molar-refractivity contribution in [3.63, 3.8) is 0 Å². The molecule has 33 heavy (non-hydrogen) atoms. The molecule has 3 fully saturated rings. The molecule has 2 aromatic carbocycles. The van der Waals surface area contributed by atoms with E-state index in [1.54, 1.807) is 0 Å². The Labute approximate surface area is 196 Å². The molecule has 3 saturated heterocycles. The van der Waals surface area contributed by atoms with Crippen LogP contribution < -0.4 is 0 Å². The first-order valence-electron chi connectivity index (χ1n) is 12.4. The summed E-state index contributed by atoms with van der Waals surface area (Å²) in [6, 6.07) is 19.9. The van der Waals surface area contributed by atoms with Crippen molar-refractivity contribution in [2.75, 3.05) is 32.8 Å². The summed E-state index contributed by atoms with van der Waals surface area (Å²) in [6.45, 7) is 5.32. The summed E-state index contributed by atoms with van der Waals surface area (Å²) in [4.78, 5) is 29.1. The number of aryl methyl sites for hydroxylation is 1. The van der Waals surface area contributed by atoms with E-state index in [-0.39, 0.29) is 30.4 Å². The lowest BCUT2D eigenvalue weighted by molar-refractivity contribution is -0.140. The number of likely N-dealkylation sites (tertiary alicyclic amines) is 2. The average molecular weight is 447 g/mol. The number of fused-ring (bicyclic) bond motifs is 1. The second kappa shape index (κ2) is 9.68. The number of rotatable bonds is 3. The van der Waals surface area contributed by atoms with E-state index in [4.69, 9.17) is 4.74 Å². The Bertz CT molecular complexity index is 966. The van der Waals surface area contributed by atoms with Gasteiger partial charge in [-0.3, -0.25) is 4.79 Å². The maximum Gasteiger partial charge on any atom is 0.320 e. The third-order valence-corrected chi connectivity index (χ3v) is 7.76. The standard InChI is InChI=1S/C28H34N2O3/c1-20-7-9-22(10-8-20)27(21-5-3-2-4-6-21)23-11-14-29(15-12-23)28(32)30-16-13-26-24(18-30)17-25(31)19-33-26/h2-10,23-24,26-27H,11-19H2,1H3/t24-,26+,27+/m1/s1. The third kappa shape index (κ3) is 4.84. The Balaban J connectivity index is 1.25. The molecule has 3 aliphatic rings. The first kappa shape index (κ1) is 22.1. The fourth-order valence-electron chi connectivity index (χ4n) is 5.95. The van der Waals surface area contributed by atoms with Crippen LogP contribution >= 0.6 is 0 Å². The van der Waals surface area contributed by atoms with Gasteiger partial charge in [-0.05, 0) is 43.2 Å². The van der Waals surface area contributed by atoms with Crippen molar-refractivity contribution in [1.82, 2.24) is 9.80 Å². The molecule has 0 radical (unpaired) electrons. The van der Waals surface area contributed by atoms with E-state index >= 15 is 0 Å². The average Bonchev–Trinajstić information content (AvgIpc) is 2.85. The van der Waals surface area contributed by atoms with Crippen molar-refractivity contribution in [2.45, 2.75) is 44.6 Å². The molecule has 0 N–H and O–H groups in total. The highest BCUT2D eigenvalue weighted by Crippen LogP contribution is 2.38. The molecule has 174 valence electrons. The van der Waals surface area contributed by atoms with Gasteiger partial charge in [-0.2, -0.15) is 0 Å². The van der Waals surface area contributed by atoms with Crippen LogP contribution in [0.15, 0.2) is 54.6 Å². The minimum atomic E-state index is 0.136. The molecule has 5 nitrogen and oxygen atoms in total. The number of ketones is 1. The second-order valence-corrected chi connectivity index (χ2v) is 9.99. The van der Waals surface area contributed by atoms with E-state index in [1.807, 2.05) is 9.80 Å². The summed E-state index contributed by atoms with van der Waals surface area (Å²) >= 11 is 0. The lowest BCUT2D eigenvalue weighted by Crippen LogP contribution is -2.54. The van der Waals surface area contributed by atoms with Crippen molar-refractivity contribution < 1.29 is 14.3 Å². The molecule has 3 aliphatic heterocycles. The molecule has 2 aromatic rings. The molecule has 0 saturated carbocycles. The van der Waals surface area contributed by atoms with Gasteiger partial charge < -0.3 is 14.5 Å². The molecule has 0 bridgehead atoms. The normalized spacial score (nSPS) is 24.9. The van der Waals surface area contributed by atoms with Gasteiger partial charge >= 0.3 is 6.03 Å². The Morgan fingerprint density at radius 1 is 0.909 bits per heavy atom. The third-order valence-electron chi connectivity index (χ3n) is 7.76. The van der Waals surface area contributed by atoms with Gasteiger partial charge in [0.15, 0.2) is 5.78 Å². The molecule has 3 atom stereocenters. The molecule has 2 amide bonds. The number of carbonyl (C=O) groups excluding carboxylic acids is 2. The van der Waals surface area contributed by atoms with Crippen molar-refractivity contribution in [2.24, 2.45) is 11.8 Å².